The Hall–Kier alpha value is -0.0400. The molecule has 4 nitrogen and oxygen atoms in total. The van der Waals surface area contributed by atoms with Gasteiger partial charge in [0.1, 0.15) is 11.6 Å². The fourth-order valence-corrected chi connectivity index (χ4v) is 5.18. The van der Waals surface area contributed by atoms with Gasteiger partial charge in [0.2, 0.25) is 0 Å². The predicted octanol–water partition coefficient (Wildman–Crippen LogP) is 4.80. The molecule has 0 heterocycles. The summed E-state index contributed by atoms with van der Waals surface area (Å²) in [5, 5.41) is 0. The molecule has 1 aliphatic rings. The third-order valence-corrected chi connectivity index (χ3v) is 6.83. The summed E-state index contributed by atoms with van der Waals surface area (Å²) in [5.41, 5.74) is 0. The molecule has 6 heteroatoms. The molecule has 1 saturated carbocycles. The van der Waals surface area contributed by atoms with Crippen LogP contribution in [0.15, 0.2) is 0 Å². The largest absolute Gasteiger partial charge is 0.378 e. The summed E-state index contributed by atoms with van der Waals surface area (Å²) in [5.74, 6) is 2.24. The Bertz CT molecular complexity index is 438. The number of rotatable bonds is 13. The zero-order chi connectivity index (χ0) is 19.7. The SMILES string of the molecule is CC(C)OC[C@@H]1C[C@@H](OC(C)C)CC1C(=O)CSSCCC(=O)C(C)C. The van der Waals surface area contributed by atoms with Gasteiger partial charge in [-0.25, -0.2) is 0 Å². The molecule has 1 rings (SSSR count). The molecule has 0 aromatic rings. The molecule has 0 aromatic carbocycles. The van der Waals surface area contributed by atoms with Crippen LogP contribution in [-0.4, -0.2) is 48.0 Å². The topological polar surface area (TPSA) is 52.6 Å². The van der Waals surface area contributed by atoms with Gasteiger partial charge in [0, 0.05) is 24.0 Å². The van der Waals surface area contributed by atoms with Crippen LogP contribution in [0.1, 0.15) is 60.8 Å². The highest BCUT2D eigenvalue weighted by Crippen LogP contribution is 2.37. The molecule has 1 unspecified atom stereocenters. The van der Waals surface area contributed by atoms with Crippen molar-refractivity contribution in [1.82, 2.24) is 0 Å². The van der Waals surface area contributed by atoms with Gasteiger partial charge in [-0.1, -0.05) is 35.4 Å². The van der Waals surface area contributed by atoms with Crippen LogP contribution < -0.4 is 0 Å². The number of hydrogen-bond acceptors (Lipinski definition) is 6. The molecule has 0 bridgehead atoms. The van der Waals surface area contributed by atoms with E-state index in [1.807, 2.05) is 41.5 Å². The minimum Gasteiger partial charge on any atom is -0.378 e. The van der Waals surface area contributed by atoms with Gasteiger partial charge in [-0.05, 0) is 46.5 Å². The molecule has 1 fully saturated rings. The quantitative estimate of drug-likeness (QED) is 0.325. The molecule has 152 valence electrons. The summed E-state index contributed by atoms with van der Waals surface area (Å²) < 4.78 is 11.8. The Morgan fingerprint density at radius 2 is 1.69 bits per heavy atom. The number of ketones is 2. The molecule has 0 aromatic heterocycles. The van der Waals surface area contributed by atoms with Gasteiger partial charge in [-0.15, -0.1) is 0 Å². The van der Waals surface area contributed by atoms with Gasteiger partial charge in [-0.2, -0.15) is 0 Å². The van der Waals surface area contributed by atoms with Crippen molar-refractivity contribution in [2.75, 3.05) is 18.1 Å². The summed E-state index contributed by atoms with van der Waals surface area (Å²) in [6, 6.07) is 0. The lowest BCUT2D eigenvalue weighted by molar-refractivity contribution is -0.122. The third kappa shape index (κ3) is 9.25. The van der Waals surface area contributed by atoms with Gasteiger partial charge in [-0.3, -0.25) is 9.59 Å². The highest BCUT2D eigenvalue weighted by molar-refractivity contribution is 8.76. The number of Topliss-reactive ketones (excluding diaryl/α,β-unsaturated/α-hetero) is 2. The van der Waals surface area contributed by atoms with Crippen molar-refractivity contribution in [3.05, 3.63) is 0 Å². The van der Waals surface area contributed by atoms with Crippen LogP contribution in [0.25, 0.3) is 0 Å². The molecular formula is C20H36O4S2. The van der Waals surface area contributed by atoms with Crippen molar-refractivity contribution in [2.24, 2.45) is 17.8 Å². The van der Waals surface area contributed by atoms with Gasteiger partial charge < -0.3 is 9.47 Å². The van der Waals surface area contributed by atoms with E-state index >= 15 is 0 Å². The van der Waals surface area contributed by atoms with Crippen LogP contribution in [0.4, 0.5) is 0 Å². The van der Waals surface area contributed by atoms with E-state index in [1.165, 1.54) is 0 Å². The number of hydrogen-bond donors (Lipinski definition) is 0. The Labute approximate surface area is 167 Å². The molecule has 3 atom stereocenters. The van der Waals surface area contributed by atoms with E-state index in [0.717, 1.165) is 18.6 Å². The summed E-state index contributed by atoms with van der Waals surface area (Å²) in [4.78, 5) is 24.4. The van der Waals surface area contributed by atoms with E-state index < -0.39 is 0 Å². The van der Waals surface area contributed by atoms with Crippen LogP contribution in [0.3, 0.4) is 0 Å². The van der Waals surface area contributed by atoms with Gasteiger partial charge in [0.05, 0.1) is 30.7 Å². The van der Waals surface area contributed by atoms with E-state index in [4.69, 9.17) is 9.47 Å². The summed E-state index contributed by atoms with van der Waals surface area (Å²) in [6.07, 6.45) is 2.82. The van der Waals surface area contributed by atoms with E-state index in [2.05, 4.69) is 0 Å². The number of carbonyl (C=O) groups excluding carboxylic acids is 2. The van der Waals surface area contributed by atoms with Gasteiger partial charge in [0.25, 0.3) is 0 Å². The van der Waals surface area contributed by atoms with Crippen molar-refractivity contribution in [3.8, 4) is 0 Å². The van der Waals surface area contributed by atoms with Crippen LogP contribution in [0.2, 0.25) is 0 Å². The second-order valence-corrected chi connectivity index (χ2v) is 10.5. The molecule has 0 radical (unpaired) electrons. The maximum absolute atomic E-state index is 12.7. The smallest absolute Gasteiger partial charge is 0.147 e. The Morgan fingerprint density at radius 3 is 2.27 bits per heavy atom. The Kier molecular flexibility index (Phi) is 11.5. The molecule has 0 N–H and O–H groups in total. The molecule has 0 spiro atoms. The van der Waals surface area contributed by atoms with Crippen LogP contribution >= 0.6 is 21.6 Å². The lowest BCUT2D eigenvalue weighted by Gasteiger charge is -2.19. The minimum absolute atomic E-state index is 0.0305. The van der Waals surface area contributed by atoms with Crippen molar-refractivity contribution in [1.29, 1.82) is 0 Å². The molecule has 0 saturated heterocycles. The normalized spacial score (nSPS) is 23.3. The first-order chi connectivity index (χ1) is 12.2. The molecular weight excluding hydrogens is 368 g/mol. The van der Waals surface area contributed by atoms with Crippen molar-refractivity contribution in [2.45, 2.75) is 79.1 Å². The van der Waals surface area contributed by atoms with E-state index in [1.54, 1.807) is 21.6 Å². The number of ether oxygens (including phenoxy) is 2. The first kappa shape index (κ1) is 24.0. The number of carbonyl (C=O) groups is 2. The average Bonchev–Trinajstić information content (AvgIpc) is 2.94. The lowest BCUT2D eigenvalue weighted by atomic mass is 9.93. The molecule has 0 amide bonds. The summed E-state index contributed by atoms with van der Waals surface area (Å²) in [7, 11) is 3.21. The highest BCUT2D eigenvalue weighted by atomic mass is 33.1. The summed E-state index contributed by atoms with van der Waals surface area (Å²) in [6.45, 7) is 12.6. The van der Waals surface area contributed by atoms with E-state index in [-0.39, 0.29) is 36.1 Å². The Balaban J connectivity index is 2.42. The first-order valence-corrected chi connectivity index (χ1v) is 12.3. The zero-order valence-corrected chi connectivity index (χ0v) is 18.8. The standard InChI is InChI=1S/C20H36O4S2/c1-13(2)19(21)7-8-25-26-12-20(22)18-10-17(24-15(5)6)9-16(18)11-23-14(3)4/h13-18H,7-12H2,1-6H3/t16-,17+,18?/m0/s1. The van der Waals surface area contributed by atoms with E-state index in [9.17, 15) is 9.59 Å². The van der Waals surface area contributed by atoms with Crippen molar-refractivity contribution in [3.63, 3.8) is 0 Å². The summed E-state index contributed by atoms with van der Waals surface area (Å²) >= 11 is 0. The van der Waals surface area contributed by atoms with Crippen LogP contribution in [0.5, 0.6) is 0 Å². The maximum Gasteiger partial charge on any atom is 0.147 e. The molecule has 0 aliphatic heterocycles. The van der Waals surface area contributed by atoms with Crippen LogP contribution in [0, 0.1) is 17.8 Å². The van der Waals surface area contributed by atoms with E-state index in [0.29, 0.717) is 30.3 Å². The predicted molar refractivity (Wildman–Crippen MR) is 112 cm³/mol. The van der Waals surface area contributed by atoms with Gasteiger partial charge >= 0.3 is 0 Å². The monoisotopic (exact) mass is 404 g/mol. The second kappa shape index (κ2) is 12.4. The fourth-order valence-electron chi connectivity index (χ4n) is 3.16. The zero-order valence-electron chi connectivity index (χ0n) is 17.2. The van der Waals surface area contributed by atoms with Crippen molar-refractivity contribution >= 4 is 33.2 Å². The fraction of sp³-hybridized carbons (Fsp3) is 0.900. The highest BCUT2D eigenvalue weighted by Gasteiger charge is 2.39. The minimum atomic E-state index is 0.0305. The lowest BCUT2D eigenvalue weighted by Crippen LogP contribution is -2.25. The average molecular weight is 405 g/mol. The maximum atomic E-state index is 12.7. The van der Waals surface area contributed by atoms with Crippen molar-refractivity contribution < 1.29 is 19.1 Å². The Morgan fingerprint density at radius 1 is 1.00 bits per heavy atom. The second-order valence-electron chi connectivity index (χ2n) is 7.95. The molecule has 1 aliphatic carbocycles. The first-order valence-electron chi connectivity index (χ1n) is 9.77. The third-order valence-electron chi connectivity index (χ3n) is 4.53. The van der Waals surface area contributed by atoms with Gasteiger partial charge in [0.15, 0.2) is 0 Å². The molecule has 26 heavy (non-hydrogen) atoms. The van der Waals surface area contributed by atoms with Crippen LogP contribution in [-0.2, 0) is 19.1 Å².